The molecule has 4 aromatic rings. The van der Waals surface area contributed by atoms with Gasteiger partial charge in [0.25, 0.3) is 0 Å². The summed E-state index contributed by atoms with van der Waals surface area (Å²) in [6, 6.07) is 17.3. The molecule has 0 aliphatic heterocycles. The molecule has 2 atom stereocenters. The molecule has 0 radical (unpaired) electrons. The Bertz CT molecular complexity index is 1060. The molecule has 0 amide bonds. The monoisotopic (exact) mass is 426 g/mol. The van der Waals surface area contributed by atoms with Gasteiger partial charge in [-0.1, -0.05) is 30.3 Å². The number of rotatable bonds is 8. The fourth-order valence-corrected chi connectivity index (χ4v) is 4.67. The zero-order valence-electron chi connectivity index (χ0n) is 16.5. The van der Waals surface area contributed by atoms with Crippen molar-refractivity contribution >= 4 is 44.6 Å². The minimum atomic E-state index is -0.377. The van der Waals surface area contributed by atoms with Gasteiger partial charge in [0.1, 0.15) is 0 Å². The fourth-order valence-electron chi connectivity index (χ4n) is 3.67. The second-order valence-electron chi connectivity index (χ2n) is 7.47. The zero-order valence-corrected chi connectivity index (χ0v) is 18.2. The summed E-state index contributed by atoms with van der Waals surface area (Å²) in [5.41, 5.74) is 2.36. The van der Waals surface area contributed by atoms with E-state index in [-0.39, 0.29) is 18.5 Å². The highest BCUT2D eigenvalue weighted by molar-refractivity contribution is 7.17. The topological polar surface area (TPSA) is 45.1 Å². The molecule has 0 bridgehead atoms. The van der Waals surface area contributed by atoms with Crippen molar-refractivity contribution in [3.8, 4) is 0 Å². The normalized spacial score (nSPS) is 13.3. The van der Waals surface area contributed by atoms with Gasteiger partial charge in [-0.3, -0.25) is 4.98 Å². The zero-order chi connectivity index (χ0) is 19.3. The molecule has 2 aromatic carbocycles. The van der Waals surface area contributed by atoms with Crippen LogP contribution in [-0.4, -0.2) is 16.1 Å². The van der Waals surface area contributed by atoms with Gasteiger partial charge in [-0.2, -0.15) is 0 Å². The Morgan fingerprint density at radius 3 is 2.83 bits per heavy atom. The fraction of sp³-hybridized carbons (Fsp3) is 0.292. The summed E-state index contributed by atoms with van der Waals surface area (Å²) in [5.74, 6) is 0. The summed E-state index contributed by atoms with van der Waals surface area (Å²) in [5, 5.41) is 19.9. The average Bonchev–Trinajstić information content (AvgIpc) is 3.16. The van der Waals surface area contributed by atoms with Crippen molar-refractivity contribution in [2.75, 3.05) is 0 Å². The molecule has 3 nitrogen and oxygen atoms in total. The second-order valence-corrected chi connectivity index (χ2v) is 8.38. The predicted octanol–water partition coefficient (Wildman–Crippen LogP) is 6.25. The number of pyridine rings is 1. The van der Waals surface area contributed by atoms with Gasteiger partial charge in [0.05, 0.1) is 6.10 Å². The van der Waals surface area contributed by atoms with E-state index in [1.165, 1.54) is 26.4 Å². The Labute approximate surface area is 182 Å². The van der Waals surface area contributed by atoms with Crippen molar-refractivity contribution in [1.82, 2.24) is 10.3 Å². The van der Waals surface area contributed by atoms with Gasteiger partial charge in [-0.25, -0.2) is 0 Å². The smallest absolute Gasteiger partial charge is 0.0804 e. The van der Waals surface area contributed by atoms with Crippen LogP contribution in [0.2, 0.25) is 0 Å². The van der Waals surface area contributed by atoms with Gasteiger partial charge < -0.3 is 10.4 Å². The van der Waals surface area contributed by atoms with Gasteiger partial charge in [0.2, 0.25) is 0 Å². The molecule has 4 rings (SSSR count). The number of aliphatic hydroxyl groups excluding tert-OH is 1. The lowest BCUT2D eigenvalue weighted by molar-refractivity contribution is 0.164. The average molecular weight is 427 g/mol. The Morgan fingerprint density at radius 2 is 1.93 bits per heavy atom. The first kappa shape index (κ1) is 21.7. The molecule has 152 valence electrons. The lowest BCUT2D eigenvalue weighted by Crippen LogP contribution is -2.25. The SMILES string of the molecule is C[C@H](CCCC(O)c1csc2ccccc12)NCc1ccc2cnccc2c1.Cl. The standard InChI is InChI=1S/C24H26N2OS.ClH/c1-17(26-14-18-9-10-20-15-25-12-11-19(20)13-18)5-4-7-23(27)22-16-28-24-8-3-2-6-21(22)24;/h2-3,6,8-13,15-17,23,26-27H,4-5,7,14H2,1H3;1H/t17-,23?;/m1./s1. The largest absolute Gasteiger partial charge is 0.388 e. The summed E-state index contributed by atoms with van der Waals surface area (Å²) >= 11 is 1.71. The number of aromatic nitrogens is 1. The lowest BCUT2D eigenvalue weighted by Gasteiger charge is -2.16. The Hall–Kier alpha value is -1.98. The highest BCUT2D eigenvalue weighted by Gasteiger charge is 2.13. The summed E-state index contributed by atoms with van der Waals surface area (Å²) < 4.78 is 1.25. The Kier molecular flexibility index (Phi) is 7.62. The molecule has 1 unspecified atom stereocenters. The maximum Gasteiger partial charge on any atom is 0.0804 e. The number of hydrogen-bond donors (Lipinski definition) is 2. The maximum absolute atomic E-state index is 10.6. The van der Waals surface area contributed by atoms with Crippen LogP contribution in [0.15, 0.2) is 66.3 Å². The minimum Gasteiger partial charge on any atom is -0.388 e. The molecular weight excluding hydrogens is 400 g/mol. The van der Waals surface area contributed by atoms with E-state index >= 15 is 0 Å². The highest BCUT2D eigenvalue weighted by atomic mass is 35.5. The quantitative estimate of drug-likeness (QED) is 0.350. The number of halogens is 1. The number of fused-ring (bicyclic) bond motifs is 2. The van der Waals surface area contributed by atoms with Gasteiger partial charge in [0, 0.05) is 35.1 Å². The van der Waals surface area contributed by atoms with E-state index in [2.05, 4.69) is 65.1 Å². The molecule has 0 saturated heterocycles. The van der Waals surface area contributed by atoms with Crippen LogP contribution in [-0.2, 0) is 6.54 Å². The van der Waals surface area contributed by atoms with E-state index in [0.29, 0.717) is 6.04 Å². The van der Waals surface area contributed by atoms with E-state index < -0.39 is 0 Å². The van der Waals surface area contributed by atoms with Gasteiger partial charge in [-0.05, 0) is 71.7 Å². The number of benzene rings is 2. The van der Waals surface area contributed by atoms with Gasteiger partial charge in [0.15, 0.2) is 0 Å². The van der Waals surface area contributed by atoms with Crippen LogP contribution in [0.25, 0.3) is 20.9 Å². The third kappa shape index (κ3) is 5.34. The first-order valence-corrected chi connectivity index (χ1v) is 10.8. The van der Waals surface area contributed by atoms with Gasteiger partial charge in [-0.15, -0.1) is 23.7 Å². The number of nitrogens with zero attached hydrogens (tertiary/aromatic N) is 1. The van der Waals surface area contributed by atoms with Crippen molar-refractivity contribution in [2.24, 2.45) is 0 Å². The van der Waals surface area contributed by atoms with Crippen molar-refractivity contribution in [1.29, 1.82) is 0 Å². The number of hydrogen-bond acceptors (Lipinski definition) is 4. The lowest BCUT2D eigenvalue weighted by atomic mass is 10.0. The molecule has 29 heavy (non-hydrogen) atoms. The van der Waals surface area contributed by atoms with Crippen LogP contribution >= 0.6 is 23.7 Å². The van der Waals surface area contributed by atoms with Crippen molar-refractivity contribution in [3.63, 3.8) is 0 Å². The molecule has 5 heteroatoms. The summed E-state index contributed by atoms with van der Waals surface area (Å²) in [4.78, 5) is 4.16. The molecule has 0 aliphatic carbocycles. The minimum absolute atomic E-state index is 0. The van der Waals surface area contributed by atoms with E-state index in [1.54, 1.807) is 11.3 Å². The third-order valence-corrected chi connectivity index (χ3v) is 6.33. The van der Waals surface area contributed by atoms with Crippen LogP contribution in [0.4, 0.5) is 0 Å². The van der Waals surface area contributed by atoms with Crippen molar-refractivity contribution < 1.29 is 5.11 Å². The van der Waals surface area contributed by atoms with Crippen molar-refractivity contribution in [3.05, 3.63) is 77.4 Å². The van der Waals surface area contributed by atoms with Gasteiger partial charge >= 0.3 is 0 Å². The molecule has 0 fully saturated rings. The number of aliphatic hydroxyl groups is 1. The van der Waals surface area contributed by atoms with Crippen LogP contribution in [0.3, 0.4) is 0 Å². The molecule has 0 spiro atoms. The maximum atomic E-state index is 10.6. The highest BCUT2D eigenvalue weighted by Crippen LogP contribution is 2.32. The second kappa shape index (κ2) is 10.2. The molecular formula is C24H27ClN2OS. The number of thiophene rings is 1. The van der Waals surface area contributed by atoms with Crippen LogP contribution < -0.4 is 5.32 Å². The van der Waals surface area contributed by atoms with E-state index in [4.69, 9.17) is 0 Å². The molecule has 2 heterocycles. The van der Waals surface area contributed by atoms with Crippen LogP contribution in [0, 0.1) is 0 Å². The summed E-state index contributed by atoms with van der Waals surface area (Å²) in [7, 11) is 0. The van der Waals surface area contributed by atoms with E-state index in [1.807, 2.05) is 18.5 Å². The molecule has 2 aromatic heterocycles. The Balaban J connectivity index is 0.00000240. The summed E-state index contributed by atoms with van der Waals surface area (Å²) in [6.45, 7) is 3.08. The Morgan fingerprint density at radius 1 is 1.07 bits per heavy atom. The first-order valence-electron chi connectivity index (χ1n) is 9.91. The van der Waals surface area contributed by atoms with Crippen LogP contribution in [0.1, 0.15) is 43.4 Å². The number of nitrogens with one attached hydrogen (secondary N) is 1. The third-order valence-electron chi connectivity index (χ3n) is 5.34. The summed E-state index contributed by atoms with van der Waals surface area (Å²) in [6.07, 6.45) is 6.22. The van der Waals surface area contributed by atoms with Crippen LogP contribution in [0.5, 0.6) is 0 Å². The van der Waals surface area contributed by atoms with E-state index in [0.717, 1.165) is 31.4 Å². The van der Waals surface area contributed by atoms with E-state index in [9.17, 15) is 5.11 Å². The van der Waals surface area contributed by atoms with Crippen molar-refractivity contribution in [2.45, 2.75) is 44.9 Å². The molecule has 0 saturated carbocycles. The molecule has 0 aliphatic rings. The predicted molar refractivity (Wildman–Crippen MR) is 126 cm³/mol. The first-order chi connectivity index (χ1) is 13.7. The molecule has 2 N–H and O–H groups in total.